The Kier molecular flexibility index (Phi) is 4.14. The van der Waals surface area contributed by atoms with Gasteiger partial charge in [0.05, 0.1) is 18.4 Å². The maximum atomic E-state index is 12.0. The summed E-state index contributed by atoms with van der Waals surface area (Å²) in [4.78, 5) is 14.2. The molecule has 2 aromatic rings. The Balaban J connectivity index is 2.22. The second-order valence-electron chi connectivity index (χ2n) is 4.67. The molecular weight excluding hydrogens is 272 g/mol. The van der Waals surface area contributed by atoms with Crippen LogP contribution in [-0.4, -0.2) is 28.9 Å². The average molecular weight is 288 g/mol. The summed E-state index contributed by atoms with van der Waals surface area (Å²) in [7, 11) is 3.74. The van der Waals surface area contributed by atoms with E-state index < -0.39 is 0 Å². The predicted molar refractivity (Wildman–Crippen MR) is 84.3 cm³/mol. The standard InChI is InChI=1S/C14H16N4OS/c1-17(2)12-7-13(19)18(16-8-12)9-10-3-5-11(6-4-10)14(15)20/h3-8H,9H2,1-2H3,(H2,15,20). The Hall–Kier alpha value is -2.21. The highest BCUT2D eigenvalue weighted by atomic mass is 32.1. The Morgan fingerprint density at radius 3 is 2.50 bits per heavy atom. The van der Waals surface area contributed by atoms with Gasteiger partial charge in [0.2, 0.25) is 0 Å². The van der Waals surface area contributed by atoms with E-state index in [-0.39, 0.29) is 5.56 Å². The third-order valence-electron chi connectivity index (χ3n) is 2.94. The van der Waals surface area contributed by atoms with Gasteiger partial charge in [-0.05, 0) is 5.56 Å². The first-order chi connectivity index (χ1) is 9.47. The molecule has 1 aromatic carbocycles. The molecular formula is C14H16N4OS. The molecule has 6 heteroatoms. The molecule has 0 radical (unpaired) electrons. The van der Waals surface area contributed by atoms with Crippen molar-refractivity contribution in [1.82, 2.24) is 9.78 Å². The molecule has 0 atom stereocenters. The lowest BCUT2D eigenvalue weighted by atomic mass is 10.1. The zero-order valence-corrected chi connectivity index (χ0v) is 12.2. The lowest BCUT2D eigenvalue weighted by Crippen LogP contribution is -2.24. The number of hydrogen-bond acceptors (Lipinski definition) is 4. The maximum Gasteiger partial charge on any atom is 0.269 e. The number of thiocarbonyl (C=S) groups is 1. The Bertz CT molecular complexity index is 676. The van der Waals surface area contributed by atoms with Crippen LogP contribution in [0.1, 0.15) is 11.1 Å². The van der Waals surface area contributed by atoms with Gasteiger partial charge in [0.15, 0.2) is 0 Å². The fourth-order valence-corrected chi connectivity index (χ4v) is 1.87. The van der Waals surface area contributed by atoms with Gasteiger partial charge in [0.1, 0.15) is 4.99 Å². The van der Waals surface area contributed by atoms with Crippen molar-refractivity contribution in [3.8, 4) is 0 Å². The van der Waals surface area contributed by atoms with Crippen molar-refractivity contribution < 1.29 is 0 Å². The lowest BCUT2D eigenvalue weighted by molar-refractivity contribution is 0.638. The molecule has 20 heavy (non-hydrogen) atoms. The van der Waals surface area contributed by atoms with Crippen molar-refractivity contribution in [2.24, 2.45) is 5.73 Å². The fraction of sp³-hybridized carbons (Fsp3) is 0.214. The molecule has 0 aliphatic rings. The quantitative estimate of drug-likeness (QED) is 0.850. The summed E-state index contributed by atoms with van der Waals surface area (Å²) >= 11 is 4.90. The van der Waals surface area contributed by atoms with E-state index in [2.05, 4.69) is 5.10 Å². The number of hydrogen-bond donors (Lipinski definition) is 1. The van der Waals surface area contributed by atoms with Crippen molar-refractivity contribution in [1.29, 1.82) is 0 Å². The molecule has 0 saturated heterocycles. The van der Waals surface area contributed by atoms with Crippen LogP contribution >= 0.6 is 12.2 Å². The van der Waals surface area contributed by atoms with E-state index >= 15 is 0 Å². The van der Waals surface area contributed by atoms with Crippen molar-refractivity contribution in [3.63, 3.8) is 0 Å². The molecule has 0 spiro atoms. The Morgan fingerprint density at radius 1 is 1.35 bits per heavy atom. The minimum absolute atomic E-state index is 0.130. The predicted octanol–water partition coefficient (Wildman–Crippen LogP) is 0.992. The first kappa shape index (κ1) is 14.2. The largest absolute Gasteiger partial charge is 0.389 e. The lowest BCUT2D eigenvalue weighted by Gasteiger charge is -2.12. The van der Waals surface area contributed by atoms with Gasteiger partial charge in [0, 0.05) is 25.7 Å². The Morgan fingerprint density at radius 2 is 2.00 bits per heavy atom. The number of anilines is 1. The molecule has 0 saturated carbocycles. The highest BCUT2D eigenvalue weighted by Gasteiger charge is 2.03. The summed E-state index contributed by atoms with van der Waals surface area (Å²) in [6.07, 6.45) is 1.67. The van der Waals surface area contributed by atoms with Crippen molar-refractivity contribution in [3.05, 3.63) is 58.0 Å². The molecule has 2 N–H and O–H groups in total. The second kappa shape index (κ2) is 5.83. The van der Waals surface area contributed by atoms with E-state index in [0.717, 1.165) is 16.8 Å². The topological polar surface area (TPSA) is 64.2 Å². The molecule has 1 heterocycles. The number of aromatic nitrogens is 2. The summed E-state index contributed by atoms with van der Waals surface area (Å²) < 4.78 is 1.42. The molecule has 1 aromatic heterocycles. The highest BCUT2D eigenvalue weighted by molar-refractivity contribution is 7.80. The molecule has 0 amide bonds. The third-order valence-corrected chi connectivity index (χ3v) is 3.18. The van der Waals surface area contributed by atoms with Crippen LogP contribution < -0.4 is 16.2 Å². The summed E-state index contributed by atoms with van der Waals surface area (Å²) in [5, 5.41) is 4.16. The molecule has 5 nitrogen and oxygen atoms in total. The van der Waals surface area contributed by atoms with Gasteiger partial charge in [-0.25, -0.2) is 4.68 Å². The summed E-state index contributed by atoms with van der Waals surface area (Å²) in [5.74, 6) is 0. The molecule has 0 aliphatic heterocycles. The summed E-state index contributed by atoms with van der Waals surface area (Å²) in [6.45, 7) is 0.421. The van der Waals surface area contributed by atoms with E-state index in [1.807, 2.05) is 43.3 Å². The molecule has 2 rings (SSSR count). The van der Waals surface area contributed by atoms with Gasteiger partial charge in [-0.1, -0.05) is 36.5 Å². The van der Waals surface area contributed by atoms with Crippen LogP contribution in [0.2, 0.25) is 0 Å². The van der Waals surface area contributed by atoms with Gasteiger partial charge >= 0.3 is 0 Å². The van der Waals surface area contributed by atoms with Crippen LogP contribution in [0.25, 0.3) is 0 Å². The van der Waals surface area contributed by atoms with Crippen LogP contribution in [-0.2, 0) is 6.54 Å². The maximum absolute atomic E-state index is 12.0. The SMILES string of the molecule is CN(C)c1cnn(Cc2ccc(C(N)=S)cc2)c(=O)c1. The first-order valence-corrected chi connectivity index (χ1v) is 6.51. The van der Waals surface area contributed by atoms with Crippen LogP contribution in [0.5, 0.6) is 0 Å². The van der Waals surface area contributed by atoms with E-state index in [4.69, 9.17) is 18.0 Å². The number of nitrogens with two attached hydrogens (primary N) is 1. The van der Waals surface area contributed by atoms with Gasteiger partial charge in [-0.15, -0.1) is 0 Å². The van der Waals surface area contributed by atoms with E-state index in [1.165, 1.54) is 4.68 Å². The molecule has 0 bridgehead atoms. The number of rotatable bonds is 4. The monoisotopic (exact) mass is 288 g/mol. The minimum atomic E-state index is -0.130. The molecule has 0 aliphatic carbocycles. The second-order valence-corrected chi connectivity index (χ2v) is 5.11. The minimum Gasteiger partial charge on any atom is -0.389 e. The summed E-state index contributed by atoms with van der Waals surface area (Å²) in [6, 6.07) is 9.04. The highest BCUT2D eigenvalue weighted by Crippen LogP contribution is 2.07. The van der Waals surface area contributed by atoms with Crippen molar-refractivity contribution in [2.75, 3.05) is 19.0 Å². The third kappa shape index (κ3) is 3.21. The molecule has 0 fully saturated rings. The van der Waals surface area contributed by atoms with E-state index in [0.29, 0.717) is 11.5 Å². The zero-order chi connectivity index (χ0) is 14.7. The van der Waals surface area contributed by atoms with Gasteiger partial charge in [-0.3, -0.25) is 4.79 Å². The smallest absolute Gasteiger partial charge is 0.269 e. The molecule has 104 valence electrons. The van der Waals surface area contributed by atoms with Crippen LogP contribution in [0.4, 0.5) is 5.69 Å². The number of benzene rings is 1. The zero-order valence-electron chi connectivity index (χ0n) is 11.4. The van der Waals surface area contributed by atoms with E-state index in [1.54, 1.807) is 12.3 Å². The van der Waals surface area contributed by atoms with Gasteiger partial charge < -0.3 is 10.6 Å². The van der Waals surface area contributed by atoms with Gasteiger partial charge in [0.25, 0.3) is 5.56 Å². The average Bonchev–Trinajstić information content (AvgIpc) is 2.41. The van der Waals surface area contributed by atoms with Crippen molar-refractivity contribution in [2.45, 2.75) is 6.54 Å². The van der Waals surface area contributed by atoms with Crippen molar-refractivity contribution >= 4 is 22.9 Å². The molecule has 0 unspecified atom stereocenters. The first-order valence-electron chi connectivity index (χ1n) is 6.10. The summed E-state index contributed by atoms with van der Waals surface area (Å²) in [5.41, 5.74) is 7.98. The fourth-order valence-electron chi connectivity index (χ4n) is 1.73. The van der Waals surface area contributed by atoms with Crippen LogP contribution in [0.3, 0.4) is 0 Å². The van der Waals surface area contributed by atoms with Crippen LogP contribution in [0.15, 0.2) is 41.3 Å². The van der Waals surface area contributed by atoms with E-state index in [9.17, 15) is 4.79 Å². The van der Waals surface area contributed by atoms with Gasteiger partial charge in [-0.2, -0.15) is 5.10 Å². The Labute approximate surface area is 122 Å². The van der Waals surface area contributed by atoms with Crippen LogP contribution in [0, 0.1) is 0 Å². The normalized spacial score (nSPS) is 10.3. The number of nitrogens with zero attached hydrogens (tertiary/aromatic N) is 3.